The van der Waals surface area contributed by atoms with E-state index in [0.717, 1.165) is 37.1 Å². The summed E-state index contributed by atoms with van der Waals surface area (Å²) in [6.45, 7) is 4.78. The minimum Gasteiger partial charge on any atom is -0.490 e. The first-order valence-electron chi connectivity index (χ1n) is 6.18. The van der Waals surface area contributed by atoms with Crippen molar-refractivity contribution in [2.24, 2.45) is 5.73 Å². The largest absolute Gasteiger partial charge is 0.490 e. The van der Waals surface area contributed by atoms with Crippen LogP contribution < -0.4 is 10.5 Å². The van der Waals surface area contributed by atoms with Crippen molar-refractivity contribution in [2.45, 2.75) is 39.2 Å². The van der Waals surface area contributed by atoms with Crippen LogP contribution in [0.4, 0.5) is 0 Å². The van der Waals surface area contributed by atoms with Crippen molar-refractivity contribution in [1.82, 2.24) is 0 Å². The van der Waals surface area contributed by atoms with Gasteiger partial charge in [0.05, 0.1) is 11.7 Å². The van der Waals surface area contributed by atoms with Crippen LogP contribution in [-0.4, -0.2) is 12.6 Å². The lowest BCUT2D eigenvalue weighted by Crippen LogP contribution is -2.06. The third kappa shape index (κ3) is 5.42. The molecule has 0 unspecified atom stereocenters. The number of hydrogen-bond acceptors (Lipinski definition) is 2. The highest BCUT2D eigenvalue weighted by Crippen LogP contribution is 2.18. The van der Waals surface area contributed by atoms with Gasteiger partial charge in [0.25, 0.3) is 0 Å². The number of nitrogens with two attached hydrogens (primary N) is 1. The second-order valence-corrected chi connectivity index (χ2v) is 4.21. The summed E-state index contributed by atoms with van der Waals surface area (Å²) < 4.78 is 5.70. The van der Waals surface area contributed by atoms with Crippen LogP contribution in [0.25, 0.3) is 0 Å². The second-order valence-electron chi connectivity index (χ2n) is 4.21. The summed E-state index contributed by atoms with van der Waals surface area (Å²) in [5.74, 6) is 7.20. The Morgan fingerprint density at radius 3 is 2.71 bits per heavy atom. The van der Waals surface area contributed by atoms with E-state index in [2.05, 4.69) is 11.8 Å². The fraction of sp³-hybridized carbons (Fsp3) is 0.467. The Hall–Kier alpha value is -1.46. The van der Waals surface area contributed by atoms with Gasteiger partial charge in [-0.1, -0.05) is 24.0 Å². The van der Waals surface area contributed by atoms with E-state index in [0.29, 0.717) is 0 Å². The predicted octanol–water partition coefficient (Wildman–Crippen LogP) is 2.95. The first kappa shape index (κ1) is 13.6. The Labute approximate surface area is 104 Å². The van der Waals surface area contributed by atoms with Crippen molar-refractivity contribution >= 4 is 0 Å². The molecule has 0 aromatic heterocycles. The molecule has 0 heterocycles. The van der Waals surface area contributed by atoms with Gasteiger partial charge in [-0.25, -0.2) is 0 Å². The third-order valence-electron chi connectivity index (χ3n) is 2.23. The van der Waals surface area contributed by atoms with Crippen LogP contribution >= 0.6 is 0 Å². The van der Waals surface area contributed by atoms with Crippen LogP contribution in [0.3, 0.4) is 0 Å². The Balaban J connectivity index is 2.62. The van der Waals surface area contributed by atoms with Gasteiger partial charge in [0.15, 0.2) is 0 Å². The summed E-state index contributed by atoms with van der Waals surface area (Å²) in [6.07, 6.45) is 3.18. The van der Waals surface area contributed by atoms with Gasteiger partial charge >= 0.3 is 0 Å². The van der Waals surface area contributed by atoms with Gasteiger partial charge in [-0.3, -0.25) is 0 Å². The maximum atomic E-state index is 5.70. The highest BCUT2D eigenvalue weighted by atomic mass is 16.5. The molecular formula is C15H21NO. The summed E-state index contributed by atoms with van der Waals surface area (Å²) in [7, 11) is 0. The first-order valence-corrected chi connectivity index (χ1v) is 6.18. The third-order valence-corrected chi connectivity index (χ3v) is 2.23. The zero-order valence-corrected chi connectivity index (χ0v) is 10.7. The highest BCUT2D eigenvalue weighted by Gasteiger charge is 2.01. The molecule has 0 spiro atoms. The van der Waals surface area contributed by atoms with Crippen molar-refractivity contribution in [1.29, 1.82) is 0 Å². The first-order chi connectivity index (χ1) is 8.24. The molecule has 1 rings (SSSR count). The van der Waals surface area contributed by atoms with E-state index in [4.69, 9.17) is 10.5 Å². The van der Waals surface area contributed by atoms with Gasteiger partial charge in [-0.2, -0.15) is 0 Å². The fourth-order valence-corrected chi connectivity index (χ4v) is 1.44. The minimum absolute atomic E-state index is 0.176. The van der Waals surface area contributed by atoms with Gasteiger partial charge in [0.2, 0.25) is 0 Å². The van der Waals surface area contributed by atoms with Gasteiger partial charge in [0, 0.05) is 6.42 Å². The SMILES string of the molecule is CC(C)Oc1ccccc1C#CCCCCN. The number of para-hydroxylation sites is 1. The van der Waals surface area contributed by atoms with Crippen LogP contribution in [0, 0.1) is 11.8 Å². The lowest BCUT2D eigenvalue weighted by molar-refractivity contribution is 0.242. The number of rotatable bonds is 5. The maximum absolute atomic E-state index is 5.70. The molecule has 92 valence electrons. The van der Waals surface area contributed by atoms with E-state index in [1.54, 1.807) is 0 Å². The normalized spacial score (nSPS) is 9.88. The van der Waals surface area contributed by atoms with Crippen LogP contribution in [0.5, 0.6) is 5.75 Å². The molecule has 0 amide bonds. The molecule has 2 nitrogen and oxygen atoms in total. The molecule has 2 heteroatoms. The van der Waals surface area contributed by atoms with Crippen molar-refractivity contribution in [2.75, 3.05) is 6.54 Å². The van der Waals surface area contributed by atoms with Gasteiger partial charge in [-0.05, 0) is 45.4 Å². The standard InChI is InChI=1S/C15H21NO/c1-13(2)17-15-11-7-6-10-14(15)9-5-3-4-8-12-16/h6-7,10-11,13H,3-4,8,12,16H2,1-2H3. The second kappa shape index (κ2) is 7.76. The monoisotopic (exact) mass is 231 g/mol. The van der Waals surface area contributed by atoms with E-state index >= 15 is 0 Å². The Morgan fingerprint density at radius 1 is 1.24 bits per heavy atom. The average Bonchev–Trinajstić information content (AvgIpc) is 2.30. The number of hydrogen-bond donors (Lipinski definition) is 1. The molecule has 0 radical (unpaired) electrons. The van der Waals surface area contributed by atoms with Crippen LogP contribution in [0.1, 0.15) is 38.7 Å². The van der Waals surface area contributed by atoms with E-state index in [1.807, 2.05) is 38.1 Å². The smallest absolute Gasteiger partial charge is 0.135 e. The molecule has 0 aliphatic carbocycles. The molecule has 2 N–H and O–H groups in total. The van der Waals surface area contributed by atoms with Crippen LogP contribution in [0.15, 0.2) is 24.3 Å². The summed E-state index contributed by atoms with van der Waals surface area (Å²) in [5.41, 5.74) is 6.40. The van der Waals surface area contributed by atoms with Crippen LogP contribution in [-0.2, 0) is 0 Å². The average molecular weight is 231 g/mol. The Morgan fingerprint density at radius 2 is 2.00 bits per heavy atom. The van der Waals surface area contributed by atoms with E-state index in [1.165, 1.54) is 0 Å². The molecule has 0 atom stereocenters. The molecule has 0 saturated carbocycles. The quantitative estimate of drug-likeness (QED) is 0.624. The van der Waals surface area contributed by atoms with Crippen molar-refractivity contribution in [3.05, 3.63) is 29.8 Å². The summed E-state index contributed by atoms with van der Waals surface area (Å²) in [6, 6.07) is 7.91. The summed E-state index contributed by atoms with van der Waals surface area (Å²) in [4.78, 5) is 0. The van der Waals surface area contributed by atoms with Crippen molar-refractivity contribution in [3.63, 3.8) is 0 Å². The lowest BCUT2D eigenvalue weighted by atomic mass is 10.2. The highest BCUT2D eigenvalue weighted by molar-refractivity contribution is 5.45. The minimum atomic E-state index is 0.176. The summed E-state index contributed by atoms with van der Waals surface area (Å²) >= 11 is 0. The molecule has 1 aromatic rings. The van der Waals surface area contributed by atoms with Crippen molar-refractivity contribution < 1.29 is 4.74 Å². The van der Waals surface area contributed by atoms with Gasteiger partial charge < -0.3 is 10.5 Å². The molecule has 0 fully saturated rings. The van der Waals surface area contributed by atoms with Crippen LogP contribution in [0.2, 0.25) is 0 Å². The molecule has 0 aliphatic heterocycles. The molecular weight excluding hydrogens is 210 g/mol. The molecule has 17 heavy (non-hydrogen) atoms. The summed E-state index contributed by atoms with van der Waals surface area (Å²) in [5, 5.41) is 0. The number of unbranched alkanes of at least 4 members (excludes halogenated alkanes) is 2. The zero-order valence-electron chi connectivity index (χ0n) is 10.7. The molecule has 1 aromatic carbocycles. The number of ether oxygens (including phenoxy) is 1. The maximum Gasteiger partial charge on any atom is 0.135 e. The van der Waals surface area contributed by atoms with E-state index < -0.39 is 0 Å². The molecule has 0 bridgehead atoms. The van der Waals surface area contributed by atoms with Gasteiger partial charge in [0.1, 0.15) is 5.75 Å². The van der Waals surface area contributed by atoms with Gasteiger partial charge in [-0.15, -0.1) is 0 Å². The Bertz CT molecular complexity index is 387. The van der Waals surface area contributed by atoms with E-state index in [-0.39, 0.29) is 6.10 Å². The van der Waals surface area contributed by atoms with Crippen molar-refractivity contribution in [3.8, 4) is 17.6 Å². The predicted molar refractivity (Wildman–Crippen MR) is 72.0 cm³/mol. The molecule has 0 aliphatic rings. The molecule has 0 saturated heterocycles. The fourth-order valence-electron chi connectivity index (χ4n) is 1.44. The Kier molecular flexibility index (Phi) is 6.21. The van der Waals surface area contributed by atoms with E-state index in [9.17, 15) is 0 Å². The number of benzene rings is 1. The topological polar surface area (TPSA) is 35.2 Å². The zero-order chi connectivity index (χ0) is 12.5. The lowest BCUT2D eigenvalue weighted by Gasteiger charge is -2.10.